The molecule has 0 radical (unpaired) electrons. The number of carbonyl (C=O) groups excluding carboxylic acids is 2. The summed E-state index contributed by atoms with van der Waals surface area (Å²) in [5, 5.41) is 2.94. The first kappa shape index (κ1) is 26.4. The summed E-state index contributed by atoms with van der Waals surface area (Å²) in [5.74, 6) is -0.0897. The Morgan fingerprint density at radius 3 is 2.47 bits per heavy atom. The highest BCUT2D eigenvalue weighted by atomic mass is 32.2. The lowest BCUT2D eigenvalue weighted by molar-refractivity contribution is -0.119. The molecule has 3 atom stereocenters. The van der Waals surface area contributed by atoms with Crippen molar-refractivity contribution < 1.29 is 27.5 Å². The molecule has 0 saturated heterocycles. The molecule has 1 saturated carbocycles. The molecule has 2 aliphatic rings. The number of benzene rings is 1. The molecule has 0 unspecified atom stereocenters. The monoisotopic (exact) mass is 495 g/mol. The normalized spacial score (nSPS) is 25.7. The third kappa shape index (κ3) is 6.28. The zero-order valence-corrected chi connectivity index (χ0v) is 21.6. The first-order chi connectivity index (χ1) is 16.0. The van der Waals surface area contributed by atoms with Crippen molar-refractivity contribution in [2.45, 2.75) is 51.7 Å². The number of carbonyl (C=O) groups is 2. The fraction of sp³-hybridized carbons (Fsp3) is 0.667. The van der Waals surface area contributed by atoms with Gasteiger partial charge in [0.1, 0.15) is 12.4 Å². The molecule has 1 aliphatic heterocycles. The topological polar surface area (TPSA) is 105 Å². The van der Waals surface area contributed by atoms with Gasteiger partial charge in [-0.2, -0.15) is 4.31 Å². The number of likely N-dealkylation sites (N-methyl/N-ethyl adjacent to an activating group) is 1. The van der Waals surface area contributed by atoms with Crippen molar-refractivity contribution >= 4 is 27.5 Å². The van der Waals surface area contributed by atoms with Gasteiger partial charge < -0.3 is 19.7 Å². The molecule has 0 bridgehead atoms. The van der Waals surface area contributed by atoms with Gasteiger partial charge in [0.05, 0.1) is 24.0 Å². The average Bonchev–Trinajstić information content (AvgIpc) is 3.32. The van der Waals surface area contributed by atoms with E-state index in [1.165, 1.54) is 10.6 Å². The van der Waals surface area contributed by atoms with E-state index < -0.39 is 16.1 Å². The highest BCUT2D eigenvalue weighted by molar-refractivity contribution is 7.88. The van der Waals surface area contributed by atoms with Crippen LogP contribution in [-0.2, 0) is 19.6 Å². The zero-order valence-electron chi connectivity index (χ0n) is 20.7. The van der Waals surface area contributed by atoms with Gasteiger partial charge in [0.25, 0.3) is 5.91 Å². The first-order valence-electron chi connectivity index (χ1n) is 11.8. The molecule has 1 N–H and O–H groups in total. The highest BCUT2D eigenvalue weighted by Crippen LogP contribution is 2.29. The summed E-state index contributed by atoms with van der Waals surface area (Å²) in [6.07, 6.45) is 4.72. The fourth-order valence-electron chi connectivity index (χ4n) is 4.71. The minimum absolute atomic E-state index is 0.00553. The Kier molecular flexibility index (Phi) is 8.59. The van der Waals surface area contributed by atoms with Gasteiger partial charge in [-0.15, -0.1) is 0 Å². The third-order valence-electron chi connectivity index (χ3n) is 6.81. The fourth-order valence-corrected chi connectivity index (χ4v) is 5.93. The summed E-state index contributed by atoms with van der Waals surface area (Å²) in [5.41, 5.74) is 0.900. The largest absolute Gasteiger partial charge is 0.491 e. The van der Waals surface area contributed by atoms with E-state index >= 15 is 0 Å². The smallest absolute Gasteiger partial charge is 0.257 e. The number of ether oxygens (including phenoxy) is 2. The van der Waals surface area contributed by atoms with Crippen LogP contribution >= 0.6 is 0 Å². The van der Waals surface area contributed by atoms with E-state index in [0.29, 0.717) is 23.5 Å². The van der Waals surface area contributed by atoms with E-state index in [0.717, 1.165) is 25.7 Å². The molecule has 10 heteroatoms. The average molecular weight is 496 g/mol. The van der Waals surface area contributed by atoms with Crippen LogP contribution in [0.25, 0.3) is 0 Å². The second-order valence-electron chi connectivity index (χ2n) is 9.61. The number of rotatable bonds is 4. The number of anilines is 1. The number of nitrogens with zero attached hydrogens (tertiary/aromatic N) is 2. The molecule has 1 heterocycles. The summed E-state index contributed by atoms with van der Waals surface area (Å²) in [4.78, 5) is 27.4. The summed E-state index contributed by atoms with van der Waals surface area (Å²) in [6.45, 7) is 4.29. The van der Waals surface area contributed by atoms with Gasteiger partial charge in [0.2, 0.25) is 15.9 Å². The van der Waals surface area contributed by atoms with Crippen molar-refractivity contribution in [2.24, 2.45) is 11.8 Å². The van der Waals surface area contributed by atoms with Crippen LogP contribution < -0.4 is 10.1 Å². The summed E-state index contributed by atoms with van der Waals surface area (Å²) in [7, 11) is -0.254. The van der Waals surface area contributed by atoms with Crippen LogP contribution in [0.1, 0.15) is 49.9 Å². The number of hydrogen-bond acceptors (Lipinski definition) is 6. The van der Waals surface area contributed by atoms with E-state index in [1.807, 2.05) is 6.92 Å². The predicted molar refractivity (Wildman–Crippen MR) is 130 cm³/mol. The van der Waals surface area contributed by atoms with E-state index in [-0.39, 0.29) is 42.9 Å². The molecule has 0 spiro atoms. The maximum atomic E-state index is 13.3. The minimum Gasteiger partial charge on any atom is -0.491 e. The molecule has 34 heavy (non-hydrogen) atoms. The number of fused-ring (bicyclic) bond motifs is 1. The minimum atomic E-state index is -3.50. The lowest BCUT2D eigenvalue weighted by Crippen LogP contribution is -2.48. The number of amides is 2. The van der Waals surface area contributed by atoms with E-state index in [2.05, 4.69) is 5.32 Å². The SMILES string of the molecule is CO[C@@H]1CN(C)C(=O)c2ccc(NC(=O)C3CCCC3)cc2OC[C@H](C)N(S(C)(=O)=O)C[C@H]1C. The van der Waals surface area contributed by atoms with Gasteiger partial charge in [-0.05, 0) is 37.8 Å². The van der Waals surface area contributed by atoms with Crippen LogP contribution in [0, 0.1) is 11.8 Å². The van der Waals surface area contributed by atoms with E-state index in [4.69, 9.17) is 9.47 Å². The molecule has 190 valence electrons. The Bertz CT molecular complexity index is 992. The molecule has 0 aromatic heterocycles. The molecule has 1 aliphatic carbocycles. The third-order valence-corrected chi connectivity index (χ3v) is 8.17. The van der Waals surface area contributed by atoms with E-state index in [1.54, 1.807) is 44.2 Å². The van der Waals surface area contributed by atoms with Crippen molar-refractivity contribution in [3.8, 4) is 5.75 Å². The Balaban J connectivity index is 1.93. The zero-order chi connectivity index (χ0) is 25.0. The van der Waals surface area contributed by atoms with Crippen LogP contribution in [-0.4, -0.2) is 81.7 Å². The van der Waals surface area contributed by atoms with Crippen molar-refractivity contribution in [3.63, 3.8) is 0 Å². The number of hydrogen-bond donors (Lipinski definition) is 1. The molecule has 9 nitrogen and oxygen atoms in total. The lowest BCUT2D eigenvalue weighted by atomic mass is 10.0. The standard InChI is InChI=1S/C24H37N3O6S/c1-16-13-27(34(5,30)31)17(2)15-33-21-12-19(25-23(28)18-8-6-7-9-18)10-11-20(21)24(29)26(3)14-22(16)32-4/h10-12,16-18,22H,6-9,13-15H2,1-5H3,(H,25,28)/t16-,17+,22-/m1/s1. The predicted octanol–water partition coefficient (Wildman–Crippen LogP) is 2.58. The first-order valence-corrected chi connectivity index (χ1v) is 13.7. The Morgan fingerprint density at radius 1 is 1.18 bits per heavy atom. The molecular formula is C24H37N3O6S. The van der Waals surface area contributed by atoms with Crippen LogP contribution in [0.4, 0.5) is 5.69 Å². The maximum Gasteiger partial charge on any atom is 0.257 e. The summed E-state index contributed by atoms with van der Waals surface area (Å²) in [6, 6.07) is 4.53. The summed E-state index contributed by atoms with van der Waals surface area (Å²) >= 11 is 0. The second kappa shape index (κ2) is 11.0. The molecule has 1 fully saturated rings. The van der Waals surface area contributed by atoms with Crippen LogP contribution in [0.15, 0.2) is 18.2 Å². The van der Waals surface area contributed by atoms with Gasteiger partial charge in [-0.3, -0.25) is 9.59 Å². The Labute approximate surface area is 202 Å². The van der Waals surface area contributed by atoms with Crippen LogP contribution in [0.5, 0.6) is 5.75 Å². The Morgan fingerprint density at radius 2 is 1.85 bits per heavy atom. The van der Waals surface area contributed by atoms with E-state index in [9.17, 15) is 18.0 Å². The quantitative estimate of drug-likeness (QED) is 0.688. The van der Waals surface area contributed by atoms with Crippen molar-refractivity contribution in [3.05, 3.63) is 23.8 Å². The Hall–Kier alpha value is -2.17. The molecule has 1 aromatic rings. The summed E-state index contributed by atoms with van der Waals surface area (Å²) < 4.78 is 38.1. The van der Waals surface area contributed by atoms with Gasteiger partial charge in [-0.25, -0.2) is 8.42 Å². The van der Waals surface area contributed by atoms with Crippen molar-refractivity contribution in [1.82, 2.24) is 9.21 Å². The highest BCUT2D eigenvalue weighted by Gasteiger charge is 2.32. The van der Waals surface area contributed by atoms with Crippen molar-refractivity contribution in [1.29, 1.82) is 0 Å². The molecule has 3 rings (SSSR count). The van der Waals surface area contributed by atoms with Crippen LogP contribution in [0.3, 0.4) is 0 Å². The second-order valence-corrected chi connectivity index (χ2v) is 11.5. The maximum absolute atomic E-state index is 13.3. The number of sulfonamides is 1. The number of nitrogens with one attached hydrogen (secondary N) is 1. The van der Waals surface area contributed by atoms with Crippen LogP contribution in [0.2, 0.25) is 0 Å². The molecule has 1 aromatic carbocycles. The van der Waals surface area contributed by atoms with Gasteiger partial charge in [0, 0.05) is 44.9 Å². The lowest BCUT2D eigenvalue weighted by Gasteiger charge is -2.34. The van der Waals surface area contributed by atoms with Gasteiger partial charge in [-0.1, -0.05) is 19.8 Å². The van der Waals surface area contributed by atoms with Crippen molar-refractivity contribution in [2.75, 3.05) is 45.4 Å². The molecule has 2 amide bonds. The van der Waals surface area contributed by atoms with Gasteiger partial charge in [0.15, 0.2) is 0 Å². The number of methoxy groups -OCH3 is 1. The molecular weight excluding hydrogens is 458 g/mol. The van der Waals surface area contributed by atoms with Gasteiger partial charge >= 0.3 is 0 Å².